The molecule has 2 N–H and O–H groups in total. The van der Waals surface area contributed by atoms with E-state index in [-0.39, 0.29) is 5.91 Å². The Balaban J connectivity index is 1.67. The van der Waals surface area contributed by atoms with Crippen molar-refractivity contribution in [2.45, 2.75) is 64.8 Å². The monoisotopic (exact) mass is 306 g/mol. The molecule has 1 aliphatic rings. The summed E-state index contributed by atoms with van der Waals surface area (Å²) in [7, 11) is 1.92. The molecule has 5 heteroatoms. The van der Waals surface area contributed by atoms with E-state index in [1.807, 2.05) is 25.6 Å². The molecule has 1 aromatic heterocycles. The second-order valence-electron chi connectivity index (χ2n) is 6.44. The van der Waals surface area contributed by atoms with Gasteiger partial charge in [0, 0.05) is 37.4 Å². The third-order valence-electron chi connectivity index (χ3n) is 4.73. The van der Waals surface area contributed by atoms with Crippen molar-refractivity contribution in [2.24, 2.45) is 7.05 Å². The zero-order chi connectivity index (χ0) is 15.9. The van der Waals surface area contributed by atoms with Crippen LogP contribution < -0.4 is 10.6 Å². The number of rotatable bonds is 6. The minimum absolute atomic E-state index is 0.0851. The maximum Gasteiger partial charge on any atom is 0.224 e. The number of amides is 1. The van der Waals surface area contributed by atoms with Gasteiger partial charge in [-0.2, -0.15) is 5.10 Å². The number of aryl methyl sites for hydroxylation is 2. The molecule has 0 bridgehead atoms. The first-order valence-corrected chi connectivity index (χ1v) is 8.57. The molecular weight excluding hydrogens is 276 g/mol. The summed E-state index contributed by atoms with van der Waals surface area (Å²) >= 11 is 0. The van der Waals surface area contributed by atoms with Crippen LogP contribution in [0.15, 0.2) is 0 Å². The molecule has 124 valence electrons. The van der Waals surface area contributed by atoms with Gasteiger partial charge in [0.05, 0.1) is 12.1 Å². The lowest BCUT2D eigenvalue weighted by molar-refractivity contribution is -0.120. The molecule has 2 rings (SSSR count). The van der Waals surface area contributed by atoms with Gasteiger partial charge in [-0.3, -0.25) is 9.48 Å². The SMILES string of the molecule is Cc1nn(C)c(C)c1CC(=O)NCCNC1CCCCCC1. The highest BCUT2D eigenvalue weighted by molar-refractivity contribution is 5.79. The molecule has 0 spiro atoms. The zero-order valence-electron chi connectivity index (χ0n) is 14.2. The van der Waals surface area contributed by atoms with Crippen LogP contribution in [0.3, 0.4) is 0 Å². The van der Waals surface area contributed by atoms with Gasteiger partial charge in [-0.05, 0) is 26.7 Å². The van der Waals surface area contributed by atoms with Crippen LogP contribution in [0, 0.1) is 13.8 Å². The Morgan fingerprint density at radius 1 is 1.18 bits per heavy atom. The number of hydrogen-bond acceptors (Lipinski definition) is 3. The van der Waals surface area contributed by atoms with Crippen LogP contribution in [-0.2, 0) is 18.3 Å². The fourth-order valence-corrected chi connectivity index (χ4v) is 3.26. The van der Waals surface area contributed by atoms with Crippen molar-refractivity contribution in [3.63, 3.8) is 0 Å². The molecule has 0 aliphatic heterocycles. The largest absolute Gasteiger partial charge is 0.355 e. The topological polar surface area (TPSA) is 59.0 Å². The third kappa shape index (κ3) is 4.83. The summed E-state index contributed by atoms with van der Waals surface area (Å²) in [5, 5.41) is 10.9. The van der Waals surface area contributed by atoms with Crippen molar-refractivity contribution >= 4 is 5.91 Å². The Morgan fingerprint density at radius 3 is 2.45 bits per heavy atom. The summed E-state index contributed by atoms with van der Waals surface area (Å²) in [4.78, 5) is 12.1. The first-order valence-electron chi connectivity index (χ1n) is 8.57. The molecule has 1 saturated carbocycles. The van der Waals surface area contributed by atoms with Gasteiger partial charge in [-0.1, -0.05) is 25.7 Å². The average Bonchev–Trinajstić information content (AvgIpc) is 2.70. The van der Waals surface area contributed by atoms with Crippen molar-refractivity contribution in [1.82, 2.24) is 20.4 Å². The van der Waals surface area contributed by atoms with Crippen molar-refractivity contribution in [3.8, 4) is 0 Å². The summed E-state index contributed by atoms with van der Waals surface area (Å²) in [6.45, 7) is 5.54. The Morgan fingerprint density at radius 2 is 1.86 bits per heavy atom. The van der Waals surface area contributed by atoms with Crippen LogP contribution in [0.5, 0.6) is 0 Å². The Bertz CT molecular complexity index is 487. The molecule has 0 saturated heterocycles. The van der Waals surface area contributed by atoms with Gasteiger partial charge in [0.1, 0.15) is 0 Å². The van der Waals surface area contributed by atoms with E-state index in [4.69, 9.17) is 0 Å². The predicted octanol–water partition coefficient (Wildman–Crippen LogP) is 2.01. The highest BCUT2D eigenvalue weighted by atomic mass is 16.1. The number of nitrogens with zero attached hydrogens (tertiary/aromatic N) is 2. The normalized spacial score (nSPS) is 16.5. The molecule has 22 heavy (non-hydrogen) atoms. The van der Waals surface area contributed by atoms with E-state index in [1.54, 1.807) is 0 Å². The second-order valence-corrected chi connectivity index (χ2v) is 6.44. The van der Waals surface area contributed by atoms with Gasteiger partial charge in [-0.25, -0.2) is 0 Å². The number of nitrogens with one attached hydrogen (secondary N) is 2. The van der Waals surface area contributed by atoms with Crippen LogP contribution >= 0.6 is 0 Å². The molecule has 1 aliphatic carbocycles. The molecule has 1 aromatic rings. The second kappa shape index (κ2) is 8.32. The molecule has 0 unspecified atom stereocenters. The number of aromatic nitrogens is 2. The van der Waals surface area contributed by atoms with Gasteiger partial charge in [0.2, 0.25) is 5.91 Å². The smallest absolute Gasteiger partial charge is 0.224 e. The summed E-state index contributed by atoms with van der Waals surface area (Å²) in [6, 6.07) is 0.641. The van der Waals surface area contributed by atoms with Crippen LogP contribution in [0.1, 0.15) is 55.5 Å². The van der Waals surface area contributed by atoms with Gasteiger partial charge < -0.3 is 10.6 Å². The molecule has 1 fully saturated rings. The fraction of sp³-hybridized carbons (Fsp3) is 0.765. The lowest BCUT2D eigenvalue weighted by Gasteiger charge is -2.16. The molecule has 5 nitrogen and oxygen atoms in total. The maximum absolute atomic E-state index is 12.1. The van der Waals surface area contributed by atoms with E-state index in [1.165, 1.54) is 38.5 Å². The predicted molar refractivity (Wildman–Crippen MR) is 88.9 cm³/mol. The number of hydrogen-bond donors (Lipinski definition) is 2. The summed E-state index contributed by atoms with van der Waals surface area (Å²) in [5.41, 5.74) is 3.08. The van der Waals surface area contributed by atoms with Crippen LogP contribution in [0.25, 0.3) is 0 Å². The van der Waals surface area contributed by atoms with Crippen molar-refractivity contribution in [1.29, 1.82) is 0 Å². The first kappa shape index (κ1) is 17.0. The quantitative estimate of drug-likeness (QED) is 0.624. The van der Waals surface area contributed by atoms with E-state index in [2.05, 4.69) is 15.7 Å². The van der Waals surface area contributed by atoms with Crippen molar-refractivity contribution in [3.05, 3.63) is 17.0 Å². The summed E-state index contributed by atoms with van der Waals surface area (Å²) < 4.78 is 1.84. The molecule has 0 aromatic carbocycles. The molecule has 0 radical (unpaired) electrons. The lowest BCUT2D eigenvalue weighted by atomic mass is 10.1. The molecular formula is C17H30N4O. The lowest BCUT2D eigenvalue weighted by Crippen LogP contribution is -2.37. The first-order chi connectivity index (χ1) is 10.6. The van der Waals surface area contributed by atoms with Crippen LogP contribution in [0.4, 0.5) is 0 Å². The highest BCUT2D eigenvalue weighted by Crippen LogP contribution is 2.16. The van der Waals surface area contributed by atoms with Crippen LogP contribution in [0.2, 0.25) is 0 Å². The highest BCUT2D eigenvalue weighted by Gasteiger charge is 2.14. The third-order valence-corrected chi connectivity index (χ3v) is 4.73. The summed E-state index contributed by atoms with van der Waals surface area (Å²) in [5.74, 6) is 0.0851. The zero-order valence-corrected chi connectivity index (χ0v) is 14.2. The summed E-state index contributed by atoms with van der Waals surface area (Å²) in [6.07, 6.45) is 8.41. The molecule has 1 heterocycles. The molecule has 1 amide bonds. The standard InChI is InChI=1S/C17H30N4O/c1-13-16(14(2)21(3)20-13)12-17(22)19-11-10-18-15-8-6-4-5-7-9-15/h15,18H,4-12H2,1-3H3,(H,19,22). The van der Waals surface area contributed by atoms with Crippen molar-refractivity contribution < 1.29 is 4.79 Å². The Labute approximate surface area is 133 Å². The average molecular weight is 306 g/mol. The number of carbonyl (C=O) groups is 1. The van der Waals surface area contributed by atoms with E-state index in [9.17, 15) is 4.79 Å². The number of carbonyl (C=O) groups excluding carboxylic acids is 1. The van der Waals surface area contributed by atoms with Crippen LogP contribution in [-0.4, -0.2) is 34.8 Å². The van der Waals surface area contributed by atoms with Gasteiger partial charge >= 0.3 is 0 Å². The maximum atomic E-state index is 12.1. The van der Waals surface area contributed by atoms with Gasteiger partial charge in [0.15, 0.2) is 0 Å². The minimum atomic E-state index is 0.0851. The minimum Gasteiger partial charge on any atom is -0.355 e. The van der Waals surface area contributed by atoms with E-state index in [0.717, 1.165) is 23.5 Å². The van der Waals surface area contributed by atoms with Crippen molar-refractivity contribution in [2.75, 3.05) is 13.1 Å². The van der Waals surface area contributed by atoms with E-state index in [0.29, 0.717) is 19.0 Å². The van der Waals surface area contributed by atoms with E-state index >= 15 is 0 Å². The van der Waals surface area contributed by atoms with Gasteiger partial charge in [-0.15, -0.1) is 0 Å². The Hall–Kier alpha value is -1.36. The van der Waals surface area contributed by atoms with E-state index < -0.39 is 0 Å². The van der Waals surface area contributed by atoms with Gasteiger partial charge in [0.25, 0.3) is 0 Å². The Kier molecular flexibility index (Phi) is 6.43. The molecule has 0 atom stereocenters. The fourth-order valence-electron chi connectivity index (χ4n) is 3.26.